The van der Waals surface area contributed by atoms with Crippen LogP contribution in [0.1, 0.15) is 5.76 Å². The van der Waals surface area contributed by atoms with Crippen LogP contribution in [-0.4, -0.2) is 15.7 Å². The number of furan rings is 1. The molecule has 0 aliphatic rings. The highest BCUT2D eigenvalue weighted by Crippen LogP contribution is 2.26. The number of hydrogen-bond acceptors (Lipinski definition) is 4. The van der Waals surface area contributed by atoms with E-state index in [4.69, 9.17) is 4.42 Å². The van der Waals surface area contributed by atoms with Crippen molar-refractivity contribution in [2.24, 2.45) is 0 Å². The van der Waals surface area contributed by atoms with E-state index in [9.17, 15) is 9.59 Å². The zero-order chi connectivity index (χ0) is 18.6. The van der Waals surface area contributed by atoms with Crippen molar-refractivity contribution < 1.29 is 9.21 Å². The van der Waals surface area contributed by atoms with Gasteiger partial charge in [-0.15, -0.1) is 0 Å². The number of nitrogens with zero attached hydrogens (tertiary/aromatic N) is 2. The lowest BCUT2D eigenvalue weighted by molar-refractivity contribution is -0.122. The molecule has 0 atom stereocenters. The Bertz CT molecular complexity index is 1140. The number of carbonyl (C=O) groups is 1. The molecular weight excluding hydrogens is 342 g/mol. The normalized spacial score (nSPS) is 10.8. The molecule has 6 heteroatoms. The second kappa shape index (κ2) is 7.29. The first-order valence-corrected chi connectivity index (χ1v) is 8.56. The monoisotopic (exact) mass is 359 g/mol. The van der Waals surface area contributed by atoms with Gasteiger partial charge in [0.2, 0.25) is 5.91 Å². The lowest BCUT2D eigenvalue weighted by Crippen LogP contribution is -2.33. The van der Waals surface area contributed by atoms with Crippen molar-refractivity contribution in [1.29, 1.82) is 0 Å². The van der Waals surface area contributed by atoms with Gasteiger partial charge in [-0.2, -0.15) is 5.10 Å². The van der Waals surface area contributed by atoms with Crippen LogP contribution in [0.5, 0.6) is 0 Å². The van der Waals surface area contributed by atoms with E-state index in [0.717, 1.165) is 16.3 Å². The summed E-state index contributed by atoms with van der Waals surface area (Å²) in [5.41, 5.74) is 1.23. The molecule has 0 saturated heterocycles. The molecule has 0 fully saturated rings. The molecule has 1 N–H and O–H groups in total. The first-order chi connectivity index (χ1) is 13.2. The average molecular weight is 359 g/mol. The fourth-order valence-electron chi connectivity index (χ4n) is 2.95. The van der Waals surface area contributed by atoms with Crippen LogP contribution in [0.4, 0.5) is 0 Å². The van der Waals surface area contributed by atoms with Crippen LogP contribution >= 0.6 is 0 Å². The van der Waals surface area contributed by atoms with Crippen molar-refractivity contribution in [1.82, 2.24) is 15.1 Å². The number of amides is 1. The lowest BCUT2D eigenvalue weighted by Gasteiger charge is -2.09. The van der Waals surface area contributed by atoms with Crippen molar-refractivity contribution in [3.05, 3.63) is 89.1 Å². The van der Waals surface area contributed by atoms with E-state index in [1.807, 2.05) is 42.5 Å². The number of nitrogens with one attached hydrogen (secondary N) is 1. The topological polar surface area (TPSA) is 77.1 Å². The van der Waals surface area contributed by atoms with E-state index in [1.165, 1.54) is 10.7 Å². The Morgan fingerprint density at radius 3 is 2.70 bits per heavy atom. The van der Waals surface area contributed by atoms with Crippen LogP contribution < -0.4 is 10.9 Å². The predicted molar refractivity (Wildman–Crippen MR) is 102 cm³/mol. The minimum atomic E-state index is -0.327. The van der Waals surface area contributed by atoms with E-state index in [2.05, 4.69) is 10.4 Å². The third-order valence-electron chi connectivity index (χ3n) is 4.27. The SMILES string of the molecule is O=C(Cn1nc(-c2cccc3ccccc23)ccc1=O)NCc1ccco1. The summed E-state index contributed by atoms with van der Waals surface area (Å²) in [5, 5.41) is 9.25. The van der Waals surface area contributed by atoms with Gasteiger partial charge in [-0.3, -0.25) is 9.59 Å². The quantitative estimate of drug-likeness (QED) is 0.594. The number of rotatable bonds is 5. The van der Waals surface area contributed by atoms with Gasteiger partial charge in [0.25, 0.3) is 5.56 Å². The van der Waals surface area contributed by atoms with Crippen molar-refractivity contribution in [3.8, 4) is 11.3 Å². The van der Waals surface area contributed by atoms with Gasteiger partial charge >= 0.3 is 0 Å². The molecule has 27 heavy (non-hydrogen) atoms. The molecule has 6 nitrogen and oxygen atoms in total. The van der Waals surface area contributed by atoms with Crippen LogP contribution in [0, 0.1) is 0 Å². The summed E-state index contributed by atoms with van der Waals surface area (Å²) in [6, 6.07) is 20.5. The number of aromatic nitrogens is 2. The molecule has 0 unspecified atom stereocenters. The molecule has 0 radical (unpaired) electrons. The van der Waals surface area contributed by atoms with Gasteiger partial charge in [0.1, 0.15) is 12.3 Å². The fraction of sp³-hybridized carbons (Fsp3) is 0.0952. The molecule has 0 spiro atoms. The molecule has 0 bridgehead atoms. The Morgan fingerprint density at radius 1 is 1.00 bits per heavy atom. The maximum Gasteiger partial charge on any atom is 0.267 e. The van der Waals surface area contributed by atoms with Crippen molar-refractivity contribution >= 4 is 16.7 Å². The highest BCUT2D eigenvalue weighted by Gasteiger charge is 2.10. The smallest absolute Gasteiger partial charge is 0.267 e. The summed E-state index contributed by atoms with van der Waals surface area (Å²) in [6.07, 6.45) is 1.54. The van der Waals surface area contributed by atoms with E-state index < -0.39 is 0 Å². The summed E-state index contributed by atoms with van der Waals surface area (Å²) in [6.45, 7) is 0.113. The van der Waals surface area contributed by atoms with Crippen LogP contribution in [0.25, 0.3) is 22.0 Å². The van der Waals surface area contributed by atoms with E-state index in [0.29, 0.717) is 11.5 Å². The maximum absolute atomic E-state index is 12.2. The minimum Gasteiger partial charge on any atom is -0.467 e. The molecule has 2 aromatic carbocycles. The van der Waals surface area contributed by atoms with Gasteiger partial charge in [-0.25, -0.2) is 4.68 Å². The van der Waals surface area contributed by atoms with Crippen LogP contribution in [0.3, 0.4) is 0 Å². The predicted octanol–water partition coefficient (Wildman–Crippen LogP) is 2.97. The zero-order valence-electron chi connectivity index (χ0n) is 14.5. The van der Waals surface area contributed by atoms with Gasteiger partial charge in [0.15, 0.2) is 0 Å². The summed E-state index contributed by atoms with van der Waals surface area (Å²) in [5.74, 6) is 0.337. The van der Waals surface area contributed by atoms with Crippen molar-refractivity contribution in [2.75, 3.05) is 0 Å². The van der Waals surface area contributed by atoms with Crippen LogP contribution in [0.2, 0.25) is 0 Å². The molecule has 2 heterocycles. The molecule has 0 saturated carbocycles. The first kappa shape index (κ1) is 16.8. The second-order valence-electron chi connectivity index (χ2n) is 6.10. The van der Waals surface area contributed by atoms with Gasteiger partial charge in [-0.05, 0) is 29.0 Å². The van der Waals surface area contributed by atoms with Gasteiger partial charge in [0.05, 0.1) is 18.5 Å². The number of carbonyl (C=O) groups excluding carboxylic acids is 1. The van der Waals surface area contributed by atoms with Gasteiger partial charge < -0.3 is 9.73 Å². The molecule has 134 valence electrons. The summed E-state index contributed by atoms with van der Waals surface area (Å²) < 4.78 is 6.35. The Balaban J connectivity index is 1.59. The van der Waals surface area contributed by atoms with Crippen LogP contribution in [0.15, 0.2) is 82.2 Å². The largest absolute Gasteiger partial charge is 0.467 e. The maximum atomic E-state index is 12.2. The third-order valence-corrected chi connectivity index (χ3v) is 4.27. The van der Waals surface area contributed by atoms with Crippen molar-refractivity contribution in [2.45, 2.75) is 13.1 Å². The molecular formula is C21H17N3O3. The summed E-state index contributed by atoms with van der Waals surface area (Å²) >= 11 is 0. The summed E-state index contributed by atoms with van der Waals surface area (Å²) in [7, 11) is 0. The molecule has 2 aromatic heterocycles. The fourth-order valence-corrected chi connectivity index (χ4v) is 2.95. The lowest BCUT2D eigenvalue weighted by atomic mass is 10.0. The Morgan fingerprint density at radius 2 is 1.85 bits per heavy atom. The van der Waals surface area contributed by atoms with Crippen molar-refractivity contribution in [3.63, 3.8) is 0 Å². The van der Waals surface area contributed by atoms with Crippen LogP contribution in [-0.2, 0) is 17.9 Å². The number of hydrogen-bond donors (Lipinski definition) is 1. The van der Waals surface area contributed by atoms with Gasteiger partial charge in [-0.1, -0.05) is 42.5 Å². The third kappa shape index (κ3) is 3.64. The standard InChI is InChI=1S/C21H17N3O3/c25-20(22-13-16-7-4-12-27-16)14-24-21(26)11-10-19(23-24)18-9-3-6-15-5-1-2-8-17(15)18/h1-12H,13-14H2,(H,22,25). The van der Waals surface area contributed by atoms with E-state index in [1.54, 1.807) is 24.5 Å². The van der Waals surface area contributed by atoms with Gasteiger partial charge in [0, 0.05) is 11.6 Å². The molecule has 4 aromatic rings. The minimum absolute atomic E-state index is 0.155. The van der Waals surface area contributed by atoms with E-state index >= 15 is 0 Å². The Kier molecular flexibility index (Phi) is 4.53. The number of benzene rings is 2. The number of fused-ring (bicyclic) bond motifs is 1. The molecule has 0 aliphatic carbocycles. The average Bonchev–Trinajstić information content (AvgIpc) is 3.21. The Hall–Kier alpha value is -3.67. The summed E-state index contributed by atoms with van der Waals surface area (Å²) in [4.78, 5) is 24.3. The Labute approximate surface area is 155 Å². The zero-order valence-corrected chi connectivity index (χ0v) is 14.5. The first-order valence-electron chi connectivity index (χ1n) is 8.56. The molecule has 4 rings (SSSR count). The van der Waals surface area contributed by atoms with E-state index in [-0.39, 0.29) is 24.6 Å². The highest BCUT2D eigenvalue weighted by atomic mass is 16.3. The molecule has 0 aliphatic heterocycles. The second-order valence-corrected chi connectivity index (χ2v) is 6.10. The molecule has 1 amide bonds. The highest BCUT2D eigenvalue weighted by molar-refractivity contribution is 5.95.